The fourth-order valence-corrected chi connectivity index (χ4v) is 3.24. The van der Waals surface area contributed by atoms with Crippen LogP contribution in [-0.2, 0) is 6.42 Å². The van der Waals surface area contributed by atoms with Crippen molar-refractivity contribution in [2.24, 2.45) is 5.10 Å². The monoisotopic (exact) mass is 455 g/mol. The number of nitrogens with one attached hydrogen (secondary N) is 2. The van der Waals surface area contributed by atoms with Crippen molar-refractivity contribution in [3.05, 3.63) is 114 Å². The van der Waals surface area contributed by atoms with Crippen LogP contribution in [0, 0.1) is 6.92 Å². The summed E-state index contributed by atoms with van der Waals surface area (Å²) in [5.41, 5.74) is 13.0. The second-order valence-corrected chi connectivity index (χ2v) is 7.56. The molecule has 180 valence electrons. The summed E-state index contributed by atoms with van der Waals surface area (Å²) in [6.45, 7) is 21.9. The summed E-state index contributed by atoms with van der Waals surface area (Å²) in [5.74, 6) is 0. The highest BCUT2D eigenvalue weighted by Crippen LogP contribution is 2.22. The van der Waals surface area contributed by atoms with E-state index in [2.05, 4.69) is 84.5 Å². The Bertz CT molecular complexity index is 1080. The lowest BCUT2D eigenvalue weighted by molar-refractivity contribution is 1.18. The van der Waals surface area contributed by atoms with E-state index in [4.69, 9.17) is 0 Å². The number of aryl methyl sites for hydroxylation is 1. The van der Waals surface area contributed by atoms with Gasteiger partial charge in [0.25, 0.3) is 0 Å². The molecule has 0 spiro atoms. The first-order valence-corrected chi connectivity index (χ1v) is 12.1. The first kappa shape index (κ1) is 28.4. The maximum absolute atomic E-state index is 4.63. The average Bonchev–Trinajstić information content (AvgIpc) is 2.87. The van der Waals surface area contributed by atoms with Gasteiger partial charge >= 0.3 is 0 Å². The van der Waals surface area contributed by atoms with Crippen molar-refractivity contribution in [1.82, 2.24) is 0 Å². The molecule has 3 aromatic rings. The van der Waals surface area contributed by atoms with Gasteiger partial charge in [-0.05, 0) is 74.3 Å². The molecule has 0 radical (unpaired) electrons. The minimum Gasteiger partial charge on any atom is -0.362 e. The van der Waals surface area contributed by atoms with Crippen LogP contribution in [-0.4, -0.2) is 5.71 Å². The Morgan fingerprint density at radius 1 is 0.882 bits per heavy atom. The second kappa shape index (κ2) is 15.3. The Kier molecular flexibility index (Phi) is 12.8. The number of nitrogens with zero attached hydrogens (tertiary/aromatic N) is 1. The first-order valence-electron chi connectivity index (χ1n) is 12.1. The normalized spacial score (nSPS) is 10.1. The highest BCUT2D eigenvalue weighted by molar-refractivity contribution is 6.04. The summed E-state index contributed by atoms with van der Waals surface area (Å²) in [7, 11) is 0. The molecule has 0 aliphatic carbocycles. The van der Waals surface area contributed by atoms with Crippen LogP contribution in [0.1, 0.15) is 69.4 Å². The fraction of sp³-hybridized carbons (Fsp3) is 0.258. The number of hydrogen-bond acceptors (Lipinski definition) is 3. The molecule has 0 bridgehead atoms. The summed E-state index contributed by atoms with van der Waals surface area (Å²) in [6, 6.07) is 23.2. The highest BCUT2D eigenvalue weighted by atomic mass is 15.3. The van der Waals surface area contributed by atoms with E-state index in [0.717, 1.165) is 40.2 Å². The minimum atomic E-state index is 0.878. The maximum atomic E-state index is 4.63. The van der Waals surface area contributed by atoms with Crippen molar-refractivity contribution in [3.8, 4) is 0 Å². The van der Waals surface area contributed by atoms with Crippen molar-refractivity contribution in [2.75, 3.05) is 10.7 Å². The lowest BCUT2D eigenvalue weighted by Crippen LogP contribution is -2.05. The van der Waals surface area contributed by atoms with E-state index >= 15 is 0 Å². The summed E-state index contributed by atoms with van der Waals surface area (Å²) in [4.78, 5) is 0. The van der Waals surface area contributed by atoms with Crippen LogP contribution in [0.3, 0.4) is 0 Å². The van der Waals surface area contributed by atoms with Gasteiger partial charge in [-0.3, -0.25) is 5.43 Å². The fourth-order valence-electron chi connectivity index (χ4n) is 3.24. The molecule has 2 N–H and O–H groups in total. The van der Waals surface area contributed by atoms with Crippen LogP contribution in [0.2, 0.25) is 0 Å². The molecule has 0 unspecified atom stereocenters. The molecular formula is C31H41N3. The van der Waals surface area contributed by atoms with Gasteiger partial charge in [-0.15, -0.1) is 0 Å². The van der Waals surface area contributed by atoms with Crippen LogP contribution in [0.15, 0.2) is 91.2 Å². The Morgan fingerprint density at radius 3 is 2.15 bits per heavy atom. The van der Waals surface area contributed by atoms with E-state index < -0.39 is 0 Å². The smallest absolute Gasteiger partial charge is 0.0669 e. The maximum Gasteiger partial charge on any atom is 0.0669 e. The molecule has 3 heteroatoms. The molecule has 0 saturated carbocycles. The lowest BCUT2D eigenvalue weighted by atomic mass is 9.99. The molecule has 0 aliphatic rings. The number of benzene rings is 3. The molecule has 34 heavy (non-hydrogen) atoms. The topological polar surface area (TPSA) is 36.4 Å². The Hall–Kier alpha value is -3.59. The largest absolute Gasteiger partial charge is 0.362 e. The molecule has 0 atom stereocenters. The van der Waals surface area contributed by atoms with Crippen LogP contribution < -0.4 is 10.7 Å². The van der Waals surface area contributed by atoms with Gasteiger partial charge in [0, 0.05) is 11.3 Å². The van der Waals surface area contributed by atoms with Gasteiger partial charge in [-0.25, -0.2) is 0 Å². The van der Waals surface area contributed by atoms with Gasteiger partial charge < -0.3 is 5.32 Å². The average molecular weight is 456 g/mol. The molecule has 0 heterocycles. The third-order valence-electron chi connectivity index (χ3n) is 4.97. The number of hydrogen-bond donors (Lipinski definition) is 2. The predicted octanol–water partition coefficient (Wildman–Crippen LogP) is 9.06. The molecule has 0 fully saturated rings. The molecule has 0 saturated heterocycles. The van der Waals surface area contributed by atoms with Gasteiger partial charge in [0.15, 0.2) is 0 Å². The zero-order valence-corrected chi connectivity index (χ0v) is 22.0. The SMILES string of the molecule is C=CNc1ccc(Cc2ccc(C)cc2)cc1/C(C)=N/Nc1cccc(C(=C)C)c1.CC.CC. The molecule has 3 nitrogen and oxygen atoms in total. The van der Waals surface area contributed by atoms with Crippen LogP contribution in [0.4, 0.5) is 11.4 Å². The minimum absolute atomic E-state index is 0.878. The molecule has 0 amide bonds. The summed E-state index contributed by atoms with van der Waals surface area (Å²) < 4.78 is 0. The van der Waals surface area contributed by atoms with E-state index in [0.29, 0.717) is 0 Å². The van der Waals surface area contributed by atoms with Crippen LogP contribution >= 0.6 is 0 Å². The van der Waals surface area contributed by atoms with Crippen molar-refractivity contribution >= 4 is 22.7 Å². The van der Waals surface area contributed by atoms with E-state index in [1.54, 1.807) is 6.20 Å². The zero-order chi connectivity index (χ0) is 25.5. The van der Waals surface area contributed by atoms with Gasteiger partial charge in [0.05, 0.1) is 11.4 Å². The Balaban J connectivity index is 0.00000137. The van der Waals surface area contributed by atoms with Gasteiger partial charge in [-0.1, -0.05) is 94.5 Å². The third kappa shape index (κ3) is 8.74. The molecule has 0 aromatic heterocycles. The quantitative estimate of drug-likeness (QED) is 0.262. The zero-order valence-electron chi connectivity index (χ0n) is 22.0. The molecule has 0 aliphatic heterocycles. The van der Waals surface area contributed by atoms with E-state index in [1.807, 2.05) is 59.7 Å². The third-order valence-corrected chi connectivity index (χ3v) is 4.97. The molecule has 3 rings (SSSR count). The number of allylic oxidation sites excluding steroid dienone is 1. The predicted molar refractivity (Wildman–Crippen MR) is 154 cm³/mol. The lowest BCUT2D eigenvalue weighted by Gasteiger charge is -2.13. The number of anilines is 2. The van der Waals surface area contributed by atoms with Crippen molar-refractivity contribution < 1.29 is 0 Å². The second-order valence-electron chi connectivity index (χ2n) is 7.56. The molecular weight excluding hydrogens is 414 g/mol. The van der Waals surface area contributed by atoms with Crippen molar-refractivity contribution in [1.29, 1.82) is 0 Å². The Morgan fingerprint density at radius 2 is 1.53 bits per heavy atom. The van der Waals surface area contributed by atoms with Crippen molar-refractivity contribution in [3.63, 3.8) is 0 Å². The highest BCUT2D eigenvalue weighted by Gasteiger charge is 2.08. The van der Waals surface area contributed by atoms with E-state index in [-0.39, 0.29) is 0 Å². The Labute approximate surface area is 207 Å². The summed E-state index contributed by atoms with van der Waals surface area (Å²) in [5, 5.41) is 7.85. The van der Waals surface area contributed by atoms with E-state index in [9.17, 15) is 0 Å². The van der Waals surface area contributed by atoms with Gasteiger partial charge in [0.1, 0.15) is 0 Å². The number of hydrazone groups is 1. The van der Waals surface area contributed by atoms with Crippen LogP contribution in [0.25, 0.3) is 5.57 Å². The molecule has 3 aromatic carbocycles. The standard InChI is InChI=1S/C27H29N3.2C2H6/c1-6-28-27-15-14-23(16-22-12-10-20(4)11-13-22)17-26(27)21(5)29-30-25-9-7-8-24(18-25)19(2)3;2*1-2/h6-15,17-18,28,30H,1-2,16H2,3-5H3;2*1-2H3/b29-21+;;. The number of rotatable bonds is 8. The van der Waals surface area contributed by atoms with Gasteiger partial charge in [0.2, 0.25) is 0 Å². The van der Waals surface area contributed by atoms with Crippen LogP contribution in [0.5, 0.6) is 0 Å². The van der Waals surface area contributed by atoms with Gasteiger partial charge in [-0.2, -0.15) is 5.10 Å². The first-order chi connectivity index (χ1) is 16.5. The summed E-state index contributed by atoms with van der Waals surface area (Å²) >= 11 is 0. The summed E-state index contributed by atoms with van der Waals surface area (Å²) in [6.07, 6.45) is 2.57. The van der Waals surface area contributed by atoms with E-state index in [1.165, 1.54) is 16.7 Å². The van der Waals surface area contributed by atoms with Crippen molar-refractivity contribution in [2.45, 2.75) is 54.9 Å².